The first-order valence-corrected chi connectivity index (χ1v) is 18.1. The van der Waals surface area contributed by atoms with Gasteiger partial charge in [-0.05, 0) is 99.0 Å². The van der Waals surface area contributed by atoms with Crippen molar-refractivity contribution >= 4 is 29.9 Å². The number of methoxy groups -OCH3 is 1. The molecule has 2 bridgehead atoms. The molecule has 15 nitrogen and oxygen atoms in total. The molecule has 2 aliphatic carbocycles. The number of carbonyl (C=O) groups excluding carboxylic acids is 5. The Hall–Kier alpha value is -4.37. The molecule has 0 saturated carbocycles. The van der Waals surface area contributed by atoms with Crippen LogP contribution in [0.4, 0.5) is 4.79 Å². The maximum atomic E-state index is 13.3. The second kappa shape index (κ2) is 14.8. The van der Waals surface area contributed by atoms with Crippen molar-refractivity contribution in [3.8, 4) is 11.5 Å². The monoisotopic (exact) mass is 743 g/mol. The van der Waals surface area contributed by atoms with Gasteiger partial charge in [0.15, 0.2) is 23.7 Å². The minimum Gasteiger partial charge on any atom is -0.493 e. The summed E-state index contributed by atoms with van der Waals surface area (Å²) in [7, 11) is 3.56. The lowest BCUT2D eigenvalue weighted by molar-refractivity contribution is -0.175. The van der Waals surface area contributed by atoms with Crippen molar-refractivity contribution in [2.75, 3.05) is 27.2 Å². The molecule has 292 valence electrons. The molecule has 5 rings (SSSR count). The van der Waals surface area contributed by atoms with Gasteiger partial charge < -0.3 is 49.1 Å². The predicted octanol–water partition coefficient (Wildman–Crippen LogP) is 2.97. The van der Waals surface area contributed by atoms with E-state index in [1.807, 2.05) is 19.2 Å². The van der Waals surface area contributed by atoms with E-state index in [4.69, 9.17) is 28.4 Å². The number of rotatable bonds is 12. The summed E-state index contributed by atoms with van der Waals surface area (Å²) in [6.45, 7) is 12.1. The van der Waals surface area contributed by atoms with E-state index in [1.165, 1.54) is 6.92 Å². The fraction of sp³-hybridized carbons (Fsp3) is 0.658. The zero-order valence-electron chi connectivity index (χ0n) is 32.1. The Kier molecular flexibility index (Phi) is 11.1. The summed E-state index contributed by atoms with van der Waals surface area (Å²) >= 11 is 0. The van der Waals surface area contributed by atoms with Gasteiger partial charge in [0.1, 0.15) is 23.0 Å². The zero-order valence-corrected chi connectivity index (χ0v) is 32.1. The van der Waals surface area contributed by atoms with Crippen molar-refractivity contribution in [1.82, 2.24) is 15.5 Å². The fourth-order valence-corrected chi connectivity index (χ4v) is 7.83. The number of likely N-dealkylation sites (N-methyl/N-ethyl adjacent to an activating group) is 1. The fourth-order valence-electron chi connectivity index (χ4n) is 7.83. The maximum Gasteiger partial charge on any atom is 0.408 e. The van der Waals surface area contributed by atoms with Crippen LogP contribution in [-0.4, -0.2) is 108 Å². The molecule has 0 aromatic heterocycles. The summed E-state index contributed by atoms with van der Waals surface area (Å²) in [5, 5.41) is 17.4. The van der Waals surface area contributed by atoms with Gasteiger partial charge in [-0.25, -0.2) is 14.4 Å². The molecule has 1 spiro atoms. The van der Waals surface area contributed by atoms with Crippen LogP contribution >= 0.6 is 0 Å². The van der Waals surface area contributed by atoms with Crippen LogP contribution in [0.1, 0.15) is 91.7 Å². The lowest BCUT2D eigenvalue weighted by Gasteiger charge is -2.61. The minimum atomic E-state index is -1.28. The number of ether oxygens (including phenoxy) is 6. The van der Waals surface area contributed by atoms with Crippen LogP contribution in [0.25, 0.3) is 0 Å². The first-order valence-electron chi connectivity index (χ1n) is 18.1. The van der Waals surface area contributed by atoms with E-state index < -0.39 is 70.4 Å². The largest absolute Gasteiger partial charge is 0.493 e. The van der Waals surface area contributed by atoms with Gasteiger partial charge in [0.25, 0.3) is 0 Å². The Balaban J connectivity index is 1.14. The van der Waals surface area contributed by atoms with Gasteiger partial charge in [-0.15, -0.1) is 0 Å². The predicted molar refractivity (Wildman–Crippen MR) is 189 cm³/mol. The van der Waals surface area contributed by atoms with Gasteiger partial charge in [0.05, 0.1) is 24.5 Å². The summed E-state index contributed by atoms with van der Waals surface area (Å²) in [4.78, 5) is 65.8. The molecular weight excluding hydrogens is 690 g/mol. The van der Waals surface area contributed by atoms with E-state index in [0.717, 1.165) is 11.1 Å². The number of aliphatic hydroxyl groups is 1. The first-order chi connectivity index (χ1) is 24.7. The molecule has 3 N–H and O–H groups in total. The van der Waals surface area contributed by atoms with Crippen molar-refractivity contribution in [3.05, 3.63) is 35.1 Å². The lowest BCUT2D eigenvalue weighted by Crippen LogP contribution is -2.74. The van der Waals surface area contributed by atoms with Gasteiger partial charge in [-0.3, -0.25) is 9.59 Å². The number of alkyl carbamates (subject to hydrolysis) is 1. The molecule has 15 heteroatoms. The van der Waals surface area contributed by atoms with E-state index in [2.05, 4.69) is 15.5 Å². The molecule has 2 amide bonds. The van der Waals surface area contributed by atoms with E-state index in [9.17, 15) is 29.1 Å². The number of nitrogens with one attached hydrogen (secondary N) is 2. The maximum absolute atomic E-state index is 13.3. The number of hydrogen-bond acceptors (Lipinski definition) is 13. The highest BCUT2D eigenvalue weighted by atomic mass is 16.6. The number of piperidine rings is 1. The Bertz CT molecular complexity index is 1660. The van der Waals surface area contributed by atoms with Crippen LogP contribution in [0.5, 0.6) is 11.5 Å². The van der Waals surface area contributed by atoms with Crippen LogP contribution in [-0.2, 0) is 50.0 Å². The summed E-state index contributed by atoms with van der Waals surface area (Å²) in [6.07, 6.45) is -0.246. The molecule has 1 saturated heterocycles. The van der Waals surface area contributed by atoms with Crippen molar-refractivity contribution in [2.45, 2.75) is 134 Å². The van der Waals surface area contributed by atoms with Gasteiger partial charge >= 0.3 is 24.0 Å². The minimum absolute atomic E-state index is 0.0803. The summed E-state index contributed by atoms with van der Waals surface area (Å²) in [5.74, 6) is -1.44. The molecule has 1 fully saturated rings. The number of hydrogen-bond donors (Lipinski definition) is 3. The normalized spacial score (nSPS) is 25.4. The van der Waals surface area contributed by atoms with E-state index >= 15 is 0 Å². The Morgan fingerprint density at radius 3 is 2.40 bits per heavy atom. The molecule has 4 aliphatic rings. The van der Waals surface area contributed by atoms with Crippen LogP contribution in [0, 0.1) is 0 Å². The second-order valence-electron chi connectivity index (χ2n) is 16.2. The van der Waals surface area contributed by atoms with E-state index in [1.54, 1.807) is 54.7 Å². The van der Waals surface area contributed by atoms with Crippen LogP contribution in [0.15, 0.2) is 24.0 Å². The number of likely N-dealkylation sites (tertiary alicyclic amines) is 1. The van der Waals surface area contributed by atoms with Gasteiger partial charge in [0.2, 0.25) is 5.91 Å². The molecule has 2 aliphatic heterocycles. The smallest absolute Gasteiger partial charge is 0.408 e. The Morgan fingerprint density at radius 2 is 1.74 bits per heavy atom. The van der Waals surface area contributed by atoms with Crippen LogP contribution < -0.4 is 20.1 Å². The Labute approximate surface area is 310 Å². The topological polar surface area (TPSA) is 188 Å². The molecule has 6 atom stereocenters. The van der Waals surface area contributed by atoms with E-state index in [-0.39, 0.29) is 44.0 Å². The molecule has 1 aromatic rings. The molecule has 1 aromatic carbocycles. The Morgan fingerprint density at radius 1 is 1.04 bits per heavy atom. The summed E-state index contributed by atoms with van der Waals surface area (Å²) in [5.41, 5.74) is -1.69. The van der Waals surface area contributed by atoms with Gasteiger partial charge in [-0.2, -0.15) is 0 Å². The average molecular weight is 744 g/mol. The zero-order chi connectivity index (χ0) is 39.1. The number of carbonyl (C=O) groups is 5. The summed E-state index contributed by atoms with van der Waals surface area (Å²) in [6, 6.07) is 2.55. The number of benzene rings is 1. The number of esters is 3. The quantitative estimate of drug-likeness (QED) is 0.210. The van der Waals surface area contributed by atoms with Crippen LogP contribution in [0.2, 0.25) is 0 Å². The number of nitrogens with zero attached hydrogens (tertiary/aromatic N) is 1. The number of amides is 2. The standard InChI is InChI=1S/C38H53N3O12/c1-21(49-28(43)15-18-39-27(42)13-11-23(33(45)52-35(2,3)4)40-34(46)53-36(5,6)7)32(44)50-25-14-16-38(47)26-20-22-10-12-24(48-9)30-29(22)37(38,31(25)51-30)17-19-41(26)8/h10,12,14,21,23,26,31,47H,11,13,15-20H2,1-9H3,(H,39,42)(H,40,46)/t21?,23?,26-,31+,37+,38-/m1/s1. The highest BCUT2D eigenvalue weighted by Gasteiger charge is 2.72. The van der Waals surface area contributed by atoms with Crippen molar-refractivity contribution < 1.29 is 57.5 Å². The lowest BCUT2D eigenvalue weighted by atomic mass is 9.50. The average Bonchev–Trinajstić information content (AvgIpc) is 3.40. The third kappa shape index (κ3) is 8.10. The molecule has 53 heavy (non-hydrogen) atoms. The van der Waals surface area contributed by atoms with Crippen molar-refractivity contribution in [3.63, 3.8) is 0 Å². The molecule has 2 unspecified atom stereocenters. The third-order valence-corrected chi connectivity index (χ3v) is 10.1. The van der Waals surface area contributed by atoms with Gasteiger partial charge in [-0.1, -0.05) is 6.07 Å². The highest BCUT2D eigenvalue weighted by Crippen LogP contribution is 2.65. The third-order valence-electron chi connectivity index (χ3n) is 10.1. The van der Waals surface area contributed by atoms with Crippen molar-refractivity contribution in [1.29, 1.82) is 0 Å². The van der Waals surface area contributed by atoms with Crippen molar-refractivity contribution in [2.24, 2.45) is 0 Å². The van der Waals surface area contributed by atoms with Crippen LogP contribution in [0.3, 0.4) is 0 Å². The second-order valence-corrected chi connectivity index (χ2v) is 16.2. The molecule has 2 heterocycles. The SMILES string of the molecule is COc1ccc2c3c1O[C@H]1C(OC(=O)C(C)OC(=O)CCNC(=O)CCC(NC(=O)OC(C)(C)C)C(=O)OC(C)(C)C)=CC[C@@]4(O)[C@@H](C2)N(C)CC[C@]314. The van der Waals surface area contributed by atoms with Gasteiger partial charge in [0, 0.05) is 31.0 Å². The summed E-state index contributed by atoms with van der Waals surface area (Å²) < 4.78 is 34.0. The highest BCUT2D eigenvalue weighted by molar-refractivity contribution is 5.84. The molecular formula is C38H53N3O12. The molecule has 0 radical (unpaired) electrons. The van der Waals surface area contributed by atoms with E-state index in [0.29, 0.717) is 30.9 Å². The first kappa shape index (κ1) is 39.8.